The minimum Gasteiger partial charge on any atom is -0.306 e. The number of carbonyl (C=O) groups excluding carboxylic acids is 1. The molecule has 0 bridgehead atoms. The Hall–Kier alpha value is -2.72. The van der Waals surface area contributed by atoms with Crippen LogP contribution in [0, 0.1) is 6.92 Å². The standard InChI is InChI=1S/C19H19ClN4O4S/c1-13-11-18(24(22-13)16-6-4-5-15(20)12-16)21-19(25)14-7-9-17(10-8-14)29(26,27)23(2)28-3/h4-12H,1-3H3,(H,21,25). The summed E-state index contributed by atoms with van der Waals surface area (Å²) in [6.45, 7) is 1.81. The molecule has 0 saturated carbocycles. The van der Waals surface area contributed by atoms with Crippen LogP contribution in [0.25, 0.3) is 5.69 Å². The summed E-state index contributed by atoms with van der Waals surface area (Å²) in [6, 6.07) is 14.4. The van der Waals surface area contributed by atoms with Crippen LogP contribution in [0.4, 0.5) is 5.82 Å². The van der Waals surface area contributed by atoms with Crippen LogP contribution in [-0.4, -0.2) is 42.7 Å². The Morgan fingerprint density at radius 3 is 2.48 bits per heavy atom. The Balaban J connectivity index is 1.85. The lowest BCUT2D eigenvalue weighted by molar-refractivity contribution is -0.0258. The first-order chi connectivity index (χ1) is 13.7. The predicted octanol–water partition coefficient (Wildman–Crippen LogP) is 3.27. The highest BCUT2D eigenvalue weighted by atomic mass is 35.5. The van der Waals surface area contributed by atoms with Crippen LogP contribution in [0.15, 0.2) is 59.5 Å². The van der Waals surface area contributed by atoms with Gasteiger partial charge < -0.3 is 5.32 Å². The fourth-order valence-corrected chi connectivity index (χ4v) is 3.76. The third-order valence-electron chi connectivity index (χ3n) is 4.14. The predicted molar refractivity (Wildman–Crippen MR) is 110 cm³/mol. The number of nitrogens with zero attached hydrogens (tertiary/aromatic N) is 3. The number of hydroxylamine groups is 1. The smallest absolute Gasteiger partial charge is 0.264 e. The SMILES string of the molecule is CON(C)S(=O)(=O)c1ccc(C(=O)Nc2cc(C)nn2-c2cccc(Cl)c2)cc1. The number of carbonyl (C=O) groups is 1. The van der Waals surface area contributed by atoms with Gasteiger partial charge in [-0.05, 0) is 49.4 Å². The third-order valence-corrected chi connectivity index (χ3v) is 6.06. The number of sulfonamides is 1. The van der Waals surface area contributed by atoms with E-state index >= 15 is 0 Å². The van der Waals surface area contributed by atoms with Crippen molar-refractivity contribution in [1.29, 1.82) is 0 Å². The van der Waals surface area contributed by atoms with E-state index in [1.165, 1.54) is 38.4 Å². The molecule has 0 radical (unpaired) electrons. The highest BCUT2D eigenvalue weighted by Crippen LogP contribution is 2.21. The summed E-state index contributed by atoms with van der Waals surface area (Å²) in [5, 5.41) is 7.73. The normalized spacial score (nSPS) is 11.6. The summed E-state index contributed by atoms with van der Waals surface area (Å²) in [5.41, 5.74) is 1.70. The molecule has 0 saturated heterocycles. The van der Waals surface area contributed by atoms with Crippen LogP contribution in [0.3, 0.4) is 0 Å². The van der Waals surface area contributed by atoms with Crippen molar-refractivity contribution in [3.63, 3.8) is 0 Å². The van der Waals surface area contributed by atoms with Crippen LogP contribution in [0.1, 0.15) is 16.1 Å². The lowest BCUT2D eigenvalue weighted by Gasteiger charge is -2.14. The molecule has 152 valence electrons. The number of nitrogens with one attached hydrogen (secondary N) is 1. The van der Waals surface area contributed by atoms with Gasteiger partial charge >= 0.3 is 0 Å². The van der Waals surface area contributed by atoms with Gasteiger partial charge in [-0.15, -0.1) is 0 Å². The van der Waals surface area contributed by atoms with Gasteiger partial charge in [-0.3, -0.25) is 9.63 Å². The maximum atomic E-state index is 12.7. The van der Waals surface area contributed by atoms with E-state index in [1.807, 2.05) is 13.0 Å². The fourth-order valence-electron chi connectivity index (χ4n) is 2.61. The molecule has 3 rings (SSSR count). The molecule has 0 atom stereocenters. The number of amides is 1. The van der Waals surface area contributed by atoms with Gasteiger partial charge in [-0.25, -0.2) is 13.1 Å². The summed E-state index contributed by atoms with van der Waals surface area (Å²) < 4.78 is 26.8. The van der Waals surface area contributed by atoms with E-state index in [2.05, 4.69) is 10.4 Å². The Bertz CT molecular complexity index is 1140. The van der Waals surface area contributed by atoms with E-state index in [1.54, 1.807) is 28.9 Å². The number of hydrogen-bond acceptors (Lipinski definition) is 5. The minimum atomic E-state index is -3.78. The fraction of sp³-hybridized carbons (Fsp3) is 0.158. The zero-order chi connectivity index (χ0) is 21.2. The Morgan fingerprint density at radius 1 is 1.17 bits per heavy atom. The molecule has 1 heterocycles. The number of halogens is 1. The Morgan fingerprint density at radius 2 is 1.86 bits per heavy atom. The van der Waals surface area contributed by atoms with E-state index < -0.39 is 15.9 Å². The Labute approximate surface area is 173 Å². The molecule has 10 heteroatoms. The molecule has 0 spiro atoms. The molecule has 1 N–H and O–H groups in total. The molecule has 29 heavy (non-hydrogen) atoms. The Kier molecular flexibility index (Phi) is 6.04. The number of aryl methyl sites for hydroxylation is 1. The van der Waals surface area contributed by atoms with Gasteiger partial charge in [-0.1, -0.05) is 22.1 Å². The van der Waals surface area contributed by atoms with E-state index in [0.29, 0.717) is 27.8 Å². The van der Waals surface area contributed by atoms with Gasteiger partial charge in [0.05, 0.1) is 23.4 Å². The van der Waals surface area contributed by atoms with Crippen LogP contribution in [-0.2, 0) is 14.9 Å². The molecule has 0 aliphatic carbocycles. The monoisotopic (exact) mass is 434 g/mol. The van der Waals surface area contributed by atoms with Crippen molar-refractivity contribution >= 4 is 33.3 Å². The van der Waals surface area contributed by atoms with Crippen LogP contribution >= 0.6 is 11.6 Å². The summed E-state index contributed by atoms with van der Waals surface area (Å²) >= 11 is 6.05. The molecule has 0 aliphatic rings. The first kappa shape index (κ1) is 21.0. The highest BCUT2D eigenvalue weighted by molar-refractivity contribution is 7.89. The van der Waals surface area contributed by atoms with Crippen LogP contribution in [0.2, 0.25) is 5.02 Å². The van der Waals surface area contributed by atoms with Gasteiger partial charge in [-0.2, -0.15) is 5.10 Å². The van der Waals surface area contributed by atoms with Crippen molar-refractivity contribution in [2.24, 2.45) is 0 Å². The number of rotatable bonds is 6. The van der Waals surface area contributed by atoms with Crippen molar-refractivity contribution in [2.75, 3.05) is 19.5 Å². The number of hydrogen-bond donors (Lipinski definition) is 1. The molecule has 1 aromatic heterocycles. The highest BCUT2D eigenvalue weighted by Gasteiger charge is 2.21. The summed E-state index contributed by atoms with van der Waals surface area (Å²) in [6.07, 6.45) is 0. The van der Waals surface area contributed by atoms with Crippen LogP contribution < -0.4 is 5.32 Å². The van der Waals surface area contributed by atoms with E-state index in [0.717, 1.165) is 4.47 Å². The van der Waals surface area contributed by atoms with Crippen molar-refractivity contribution in [1.82, 2.24) is 14.2 Å². The second-order valence-corrected chi connectivity index (χ2v) is 8.51. The van der Waals surface area contributed by atoms with Gasteiger partial charge in [0.15, 0.2) is 0 Å². The van der Waals surface area contributed by atoms with Gasteiger partial charge in [0.25, 0.3) is 15.9 Å². The molecule has 1 amide bonds. The minimum absolute atomic E-state index is 0.0122. The van der Waals surface area contributed by atoms with E-state index in [-0.39, 0.29) is 4.90 Å². The van der Waals surface area contributed by atoms with Crippen molar-refractivity contribution in [2.45, 2.75) is 11.8 Å². The van der Waals surface area contributed by atoms with Crippen LogP contribution in [0.5, 0.6) is 0 Å². The topological polar surface area (TPSA) is 93.5 Å². The lowest BCUT2D eigenvalue weighted by atomic mass is 10.2. The van der Waals surface area contributed by atoms with E-state index in [9.17, 15) is 13.2 Å². The van der Waals surface area contributed by atoms with Crippen molar-refractivity contribution in [3.05, 3.63) is 70.9 Å². The lowest BCUT2D eigenvalue weighted by Crippen LogP contribution is -2.25. The molecule has 2 aromatic carbocycles. The summed E-state index contributed by atoms with van der Waals surface area (Å²) in [4.78, 5) is 17.4. The average molecular weight is 435 g/mol. The second kappa shape index (κ2) is 8.34. The molecule has 8 nitrogen and oxygen atoms in total. The van der Waals surface area contributed by atoms with Crippen molar-refractivity contribution in [3.8, 4) is 5.69 Å². The van der Waals surface area contributed by atoms with Gasteiger partial charge in [0, 0.05) is 23.7 Å². The quantitative estimate of drug-likeness (QED) is 0.601. The molecule has 0 unspecified atom stereocenters. The number of benzene rings is 2. The average Bonchev–Trinajstić information content (AvgIpc) is 3.07. The third kappa shape index (κ3) is 4.48. The zero-order valence-corrected chi connectivity index (χ0v) is 17.5. The maximum absolute atomic E-state index is 12.7. The molecular weight excluding hydrogens is 416 g/mol. The number of anilines is 1. The summed E-state index contributed by atoms with van der Waals surface area (Å²) in [5.74, 6) is 0.0582. The molecular formula is C19H19ClN4O4S. The first-order valence-electron chi connectivity index (χ1n) is 8.49. The largest absolute Gasteiger partial charge is 0.306 e. The number of aromatic nitrogens is 2. The molecule has 0 aliphatic heterocycles. The molecule has 0 fully saturated rings. The molecule has 3 aromatic rings. The van der Waals surface area contributed by atoms with Crippen molar-refractivity contribution < 1.29 is 18.0 Å². The zero-order valence-electron chi connectivity index (χ0n) is 16.0. The van der Waals surface area contributed by atoms with Gasteiger partial charge in [0.2, 0.25) is 0 Å². The first-order valence-corrected chi connectivity index (χ1v) is 10.3. The van der Waals surface area contributed by atoms with E-state index in [4.69, 9.17) is 16.4 Å². The van der Waals surface area contributed by atoms with Gasteiger partial charge in [0.1, 0.15) is 5.82 Å². The maximum Gasteiger partial charge on any atom is 0.264 e. The summed E-state index contributed by atoms with van der Waals surface area (Å²) in [7, 11) is -1.24. The second-order valence-electron chi connectivity index (χ2n) is 6.14.